The molecule has 2 amide bonds. The highest BCUT2D eigenvalue weighted by Crippen LogP contribution is 2.45. The molecule has 4 fully saturated rings. The fourth-order valence-electron chi connectivity index (χ4n) is 4.42. The Bertz CT molecular complexity index is 695. The Morgan fingerprint density at radius 2 is 1.90 bits per heavy atom. The molecule has 0 spiro atoms. The Hall–Kier alpha value is -2.02. The number of nitrogens with zero attached hydrogens (tertiary/aromatic N) is 1. The van der Waals surface area contributed by atoms with E-state index in [2.05, 4.69) is 5.32 Å². The first-order valence-electron chi connectivity index (χ1n) is 10.5. The summed E-state index contributed by atoms with van der Waals surface area (Å²) in [5.74, 6) is 0.728. The van der Waals surface area contributed by atoms with Crippen molar-refractivity contribution in [2.45, 2.75) is 83.5 Å². The van der Waals surface area contributed by atoms with Crippen molar-refractivity contribution in [3.8, 4) is 0 Å². The first kappa shape index (κ1) is 21.7. The van der Waals surface area contributed by atoms with Crippen LogP contribution in [0.15, 0.2) is 23.6 Å². The van der Waals surface area contributed by atoms with Crippen LogP contribution >= 0.6 is 0 Å². The van der Waals surface area contributed by atoms with Crippen molar-refractivity contribution in [3.05, 3.63) is 23.6 Å². The Labute approximate surface area is 173 Å². The van der Waals surface area contributed by atoms with Gasteiger partial charge in [0.2, 0.25) is 0 Å². The van der Waals surface area contributed by atoms with E-state index < -0.39 is 5.60 Å². The fourth-order valence-corrected chi connectivity index (χ4v) is 4.42. The lowest BCUT2D eigenvalue weighted by Gasteiger charge is -2.53. The highest BCUT2D eigenvalue weighted by Gasteiger charge is 2.51. The molecule has 1 aliphatic carbocycles. The predicted molar refractivity (Wildman–Crippen MR) is 109 cm³/mol. The molecular formula is C22H34N2O5. The van der Waals surface area contributed by atoms with Gasteiger partial charge in [-0.05, 0) is 72.8 Å². The van der Waals surface area contributed by atoms with Crippen molar-refractivity contribution < 1.29 is 23.8 Å². The van der Waals surface area contributed by atoms with Crippen LogP contribution in [0.2, 0.25) is 0 Å². The number of carbonyl (C=O) groups excluding carboxylic acids is 2. The third kappa shape index (κ3) is 4.77. The van der Waals surface area contributed by atoms with E-state index in [1.54, 1.807) is 0 Å². The third-order valence-electron chi connectivity index (χ3n) is 6.06. The zero-order valence-corrected chi connectivity index (χ0v) is 18.3. The molecule has 0 aromatic rings. The van der Waals surface area contributed by atoms with E-state index in [-0.39, 0.29) is 29.7 Å². The number of ether oxygens (including phenoxy) is 3. The molecule has 0 atom stereocenters. The molecule has 4 rings (SSSR count). The summed E-state index contributed by atoms with van der Waals surface area (Å²) in [5, 5.41) is 3.05. The molecule has 0 aromatic carbocycles. The summed E-state index contributed by atoms with van der Waals surface area (Å²) in [6.07, 6.45) is 7.65. The SMILES string of the molecule is CC=C1OCC(=O)N(CCC23CCC(NC(=O)OC(C)(C)C)(CC2)CO3)C1=CC. The van der Waals surface area contributed by atoms with E-state index in [1.807, 2.05) is 51.7 Å². The monoisotopic (exact) mass is 406 g/mol. The normalized spacial score (nSPS) is 32.4. The van der Waals surface area contributed by atoms with Crippen molar-refractivity contribution in [1.82, 2.24) is 10.2 Å². The van der Waals surface area contributed by atoms with Gasteiger partial charge < -0.3 is 24.4 Å². The molecule has 3 saturated heterocycles. The molecule has 3 aliphatic heterocycles. The Morgan fingerprint density at radius 1 is 1.21 bits per heavy atom. The van der Waals surface area contributed by atoms with Crippen LogP contribution in [0.4, 0.5) is 4.79 Å². The van der Waals surface area contributed by atoms with Gasteiger partial charge in [-0.3, -0.25) is 4.79 Å². The van der Waals surface area contributed by atoms with Crippen LogP contribution in [-0.4, -0.2) is 53.4 Å². The summed E-state index contributed by atoms with van der Waals surface area (Å²) in [6, 6.07) is 0. The summed E-state index contributed by atoms with van der Waals surface area (Å²) in [6.45, 7) is 10.6. The number of allylic oxidation sites excluding steroid dienone is 2. The van der Waals surface area contributed by atoms with Crippen molar-refractivity contribution in [2.75, 3.05) is 19.8 Å². The molecule has 1 N–H and O–H groups in total. The Balaban J connectivity index is 1.58. The van der Waals surface area contributed by atoms with Gasteiger partial charge >= 0.3 is 6.09 Å². The smallest absolute Gasteiger partial charge is 0.408 e. The van der Waals surface area contributed by atoms with Crippen molar-refractivity contribution in [1.29, 1.82) is 0 Å². The van der Waals surface area contributed by atoms with Gasteiger partial charge in [0, 0.05) is 6.54 Å². The van der Waals surface area contributed by atoms with E-state index in [0.29, 0.717) is 13.2 Å². The first-order chi connectivity index (χ1) is 13.6. The molecule has 162 valence electrons. The Morgan fingerprint density at radius 3 is 2.41 bits per heavy atom. The lowest BCUT2D eigenvalue weighted by molar-refractivity contribution is -0.167. The molecular weight excluding hydrogens is 372 g/mol. The minimum atomic E-state index is -0.518. The van der Waals surface area contributed by atoms with Crippen LogP contribution in [-0.2, 0) is 19.0 Å². The number of amides is 2. The average molecular weight is 407 g/mol. The number of hydrogen-bond donors (Lipinski definition) is 1. The van der Waals surface area contributed by atoms with Gasteiger partial charge in [0.05, 0.1) is 23.4 Å². The minimum absolute atomic E-state index is 0.0207. The molecule has 1 saturated carbocycles. The van der Waals surface area contributed by atoms with Gasteiger partial charge in [0.1, 0.15) is 11.4 Å². The Kier molecular flexibility index (Phi) is 5.99. The van der Waals surface area contributed by atoms with Gasteiger partial charge in [0.15, 0.2) is 6.61 Å². The van der Waals surface area contributed by atoms with E-state index in [4.69, 9.17) is 14.2 Å². The predicted octanol–water partition coefficient (Wildman–Crippen LogP) is 3.65. The van der Waals surface area contributed by atoms with Gasteiger partial charge in [0.25, 0.3) is 5.91 Å². The van der Waals surface area contributed by atoms with E-state index >= 15 is 0 Å². The number of carbonyl (C=O) groups is 2. The van der Waals surface area contributed by atoms with Crippen LogP contribution in [0, 0.1) is 0 Å². The summed E-state index contributed by atoms with van der Waals surface area (Å²) in [5.41, 5.74) is -0.265. The topological polar surface area (TPSA) is 77.1 Å². The number of rotatable bonds is 4. The first-order valence-corrected chi connectivity index (χ1v) is 10.5. The van der Waals surface area contributed by atoms with Crippen molar-refractivity contribution >= 4 is 12.0 Å². The van der Waals surface area contributed by atoms with Crippen LogP contribution in [0.1, 0.15) is 66.7 Å². The largest absolute Gasteiger partial charge is 0.482 e. The highest BCUT2D eigenvalue weighted by molar-refractivity contribution is 5.81. The van der Waals surface area contributed by atoms with Crippen LogP contribution in [0.5, 0.6) is 0 Å². The second kappa shape index (κ2) is 8.01. The standard InChI is InChI=1S/C22H34N2O5/c1-6-16-17(7-2)27-14-18(25)24(16)13-12-22-10-8-21(9-11-22,15-28-22)23-19(26)29-20(3,4)5/h6-7H,8-15H2,1-5H3,(H,23,26). The van der Waals surface area contributed by atoms with E-state index in [1.165, 1.54) is 0 Å². The van der Waals surface area contributed by atoms with Gasteiger partial charge in [-0.1, -0.05) is 6.08 Å². The van der Waals surface area contributed by atoms with Crippen LogP contribution in [0.25, 0.3) is 0 Å². The second-order valence-corrected chi connectivity index (χ2v) is 9.29. The van der Waals surface area contributed by atoms with Crippen LogP contribution < -0.4 is 5.32 Å². The molecule has 0 unspecified atom stereocenters. The molecule has 0 aromatic heterocycles. The maximum Gasteiger partial charge on any atom is 0.408 e. The molecule has 7 nitrogen and oxygen atoms in total. The summed E-state index contributed by atoms with van der Waals surface area (Å²) in [7, 11) is 0. The summed E-state index contributed by atoms with van der Waals surface area (Å²) >= 11 is 0. The van der Waals surface area contributed by atoms with Crippen molar-refractivity contribution in [2.24, 2.45) is 0 Å². The molecule has 4 aliphatic rings. The summed E-state index contributed by atoms with van der Waals surface area (Å²) in [4.78, 5) is 26.5. The number of morpholine rings is 1. The molecule has 2 bridgehead atoms. The molecule has 7 heteroatoms. The lowest BCUT2D eigenvalue weighted by Crippen LogP contribution is -2.63. The van der Waals surface area contributed by atoms with Gasteiger partial charge in [-0.15, -0.1) is 0 Å². The number of nitrogens with one attached hydrogen (secondary N) is 1. The highest BCUT2D eigenvalue weighted by atomic mass is 16.6. The van der Waals surface area contributed by atoms with Crippen LogP contribution in [0.3, 0.4) is 0 Å². The third-order valence-corrected chi connectivity index (χ3v) is 6.06. The zero-order valence-electron chi connectivity index (χ0n) is 18.3. The molecule has 0 radical (unpaired) electrons. The quantitative estimate of drug-likeness (QED) is 0.771. The second-order valence-electron chi connectivity index (χ2n) is 9.29. The van der Waals surface area contributed by atoms with Crippen molar-refractivity contribution in [3.63, 3.8) is 0 Å². The number of fused-ring (bicyclic) bond motifs is 3. The van der Waals surface area contributed by atoms with E-state index in [9.17, 15) is 9.59 Å². The lowest BCUT2D eigenvalue weighted by atomic mass is 9.70. The number of hydrogen-bond acceptors (Lipinski definition) is 5. The van der Waals surface area contributed by atoms with Gasteiger partial charge in [-0.25, -0.2) is 4.79 Å². The van der Waals surface area contributed by atoms with E-state index in [0.717, 1.165) is 43.6 Å². The van der Waals surface area contributed by atoms with Gasteiger partial charge in [-0.2, -0.15) is 0 Å². The maximum atomic E-state index is 12.4. The molecule has 29 heavy (non-hydrogen) atoms. The molecule has 3 heterocycles. The number of alkyl carbamates (subject to hydrolysis) is 1. The maximum absolute atomic E-state index is 12.4. The summed E-state index contributed by atoms with van der Waals surface area (Å²) < 4.78 is 17.2. The zero-order chi connectivity index (χ0) is 21.3. The minimum Gasteiger partial charge on any atom is -0.482 e. The fraction of sp³-hybridized carbons (Fsp3) is 0.727. The average Bonchev–Trinajstić information content (AvgIpc) is 2.66.